The van der Waals surface area contributed by atoms with Gasteiger partial charge in [0.05, 0.1) is 47.4 Å². The number of nitrogens with zero attached hydrogens (tertiary/aromatic N) is 2. The third-order valence-corrected chi connectivity index (χ3v) is 5.26. The van der Waals surface area contributed by atoms with E-state index < -0.39 is 22.8 Å². The standard InChI is InChI=1S/C24H27N3O6/c1-15(2)33-23(28)13-21(19-9-5-6-10-22(19)27(30)31)25-24(29)20-12-16(3)26(17(20)4)14-18-8-7-11-32-18/h5-12,15,21H,13-14H2,1-4H3,(H,25,29). The number of esters is 1. The Labute approximate surface area is 191 Å². The fourth-order valence-corrected chi connectivity index (χ4v) is 3.73. The Morgan fingerprint density at radius 3 is 2.55 bits per heavy atom. The van der Waals surface area contributed by atoms with Crippen LogP contribution in [0.25, 0.3) is 0 Å². The Hall–Kier alpha value is -3.88. The molecule has 0 fully saturated rings. The molecule has 1 amide bonds. The number of ether oxygens (including phenoxy) is 1. The summed E-state index contributed by atoms with van der Waals surface area (Å²) < 4.78 is 12.6. The van der Waals surface area contributed by atoms with Crippen molar-refractivity contribution in [1.29, 1.82) is 0 Å². The second kappa shape index (κ2) is 10.2. The Morgan fingerprint density at radius 2 is 1.91 bits per heavy atom. The number of aromatic nitrogens is 1. The van der Waals surface area contributed by atoms with Crippen LogP contribution in [-0.4, -0.2) is 27.5 Å². The van der Waals surface area contributed by atoms with Crippen LogP contribution < -0.4 is 5.32 Å². The summed E-state index contributed by atoms with van der Waals surface area (Å²) in [5.41, 5.74) is 2.05. The van der Waals surface area contributed by atoms with Gasteiger partial charge in [-0.2, -0.15) is 0 Å². The molecule has 33 heavy (non-hydrogen) atoms. The van der Waals surface area contributed by atoms with Crippen molar-refractivity contribution in [3.05, 3.63) is 87.1 Å². The van der Waals surface area contributed by atoms with Crippen LogP contribution in [0.5, 0.6) is 0 Å². The van der Waals surface area contributed by atoms with E-state index in [0.717, 1.165) is 11.5 Å². The maximum Gasteiger partial charge on any atom is 0.308 e. The maximum absolute atomic E-state index is 13.2. The van der Waals surface area contributed by atoms with Gasteiger partial charge < -0.3 is 19.0 Å². The smallest absolute Gasteiger partial charge is 0.308 e. The molecule has 0 saturated heterocycles. The first-order valence-corrected chi connectivity index (χ1v) is 10.6. The first-order valence-electron chi connectivity index (χ1n) is 10.6. The van der Waals surface area contributed by atoms with Gasteiger partial charge in [-0.1, -0.05) is 18.2 Å². The Morgan fingerprint density at radius 1 is 1.18 bits per heavy atom. The number of benzene rings is 1. The molecule has 2 aromatic heterocycles. The summed E-state index contributed by atoms with van der Waals surface area (Å²) in [5, 5.41) is 14.4. The van der Waals surface area contributed by atoms with Crippen molar-refractivity contribution in [3.63, 3.8) is 0 Å². The molecular formula is C24H27N3O6. The van der Waals surface area contributed by atoms with E-state index in [1.54, 1.807) is 38.3 Å². The summed E-state index contributed by atoms with van der Waals surface area (Å²) in [6, 6.07) is 10.5. The molecule has 9 nitrogen and oxygen atoms in total. The van der Waals surface area contributed by atoms with Crippen molar-refractivity contribution in [1.82, 2.24) is 9.88 Å². The van der Waals surface area contributed by atoms with Gasteiger partial charge in [0.25, 0.3) is 11.6 Å². The molecule has 0 aliphatic heterocycles. The average molecular weight is 453 g/mol. The van der Waals surface area contributed by atoms with Crippen molar-refractivity contribution in [3.8, 4) is 0 Å². The number of carbonyl (C=O) groups is 2. The normalized spacial score (nSPS) is 11.9. The van der Waals surface area contributed by atoms with Crippen LogP contribution in [-0.2, 0) is 16.1 Å². The zero-order valence-electron chi connectivity index (χ0n) is 19.0. The van der Waals surface area contributed by atoms with Crippen LogP contribution in [0.2, 0.25) is 0 Å². The van der Waals surface area contributed by atoms with Crippen molar-refractivity contribution >= 4 is 17.6 Å². The van der Waals surface area contributed by atoms with Crippen molar-refractivity contribution < 1.29 is 23.7 Å². The number of nitrogens with one attached hydrogen (secondary N) is 1. The first kappa shape index (κ1) is 23.8. The molecule has 0 spiro atoms. The maximum atomic E-state index is 13.2. The highest BCUT2D eigenvalue weighted by molar-refractivity contribution is 5.96. The van der Waals surface area contributed by atoms with Gasteiger partial charge in [-0.05, 0) is 45.9 Å². The van der Waals surface area contributed by atoms with E-state index in [4.69, 9.17) is 9.15 Å². The number of nitro benzene ring substituents is 1. The minimum atomic E-state index is -0.932. The molecule has 0 aliphatic carbocycles. The predicted molar refractivity (Wildman–Crippen MR) is 121 cm³/mol. The van der Waals surface area contributed by atoms with Crippen LogP contribution in [0, 0.1) is 24.0 Å². The Kier molecular flexibility index (Phi) is 7.32. The molecule has 0 aliphatic rings. The molecule has 174 valence electrons. The number of rotatable bonds is 9. The van der Waals surface area contributed by atoms with E-state index >= 15 is 0 Å². The van der Waals surface area contributed by atoms with E-state index in [2.05, 4.69) is 5.32 Å². The molecule has 2 heterocycles. The molecule has 3 aromatic rings. The topological polar surface area (TPSA) is 117 Å². The van der Waals surface area contributed by atoms with Crippen molar-refractivity contribution in [2.45, 2.75) is 52.8 Å². The van der Waals surface area contributed by atoms with E-state index in [1.165, 1.54) is 18.2 Å². The summed E-state index contributed by atoms with van der Waals surface area (Å²) in [4.78, 5) is 36.6. The molecule has 3 rings (SSSR count). The number of para-hydroxylation sites is 1. The monoisotopic (exact) mass is 453 g/mol. The minimum absolute atomic E-state index is 0.177. The van der Waals surface area contributed by atoms with Gasteiger partial charge in [-0.25, -0.2) is 0 Å². The molecule has 1 aromatic carbocycles. The number of aryl methyl sites for hydroxylation is 1. The first-order chi connectivity index (χ1) is 15.7. The lowest BCUT2D eigenvalue weighted by molar-refractivity contribution is -0.385. The summed E-state index contributed by atoms with van der Waals surface area (Å²) in [7, 11) is 0. The second-order valence-corrected chi connectivity index (χ2v) is 8.04. The van der Waals surface area contributed by atoms with E-state index in [0.29, 0.717) is 17.8 Å². The Balaban J connectivity index is 1.91. The molecule has 0 bridgehead atoms. The molecule has 1 unspecified atom stereocenters. The van der Waals surface area contributed by atoms with Crippen LogP contribution in [0.4, 0.5) is 5.69 Å². The molecule has 9 heteroatoms. The van der Waals surface area contributed by atoms with Gasteiger partial charge in [0.1, 0.15) is 5.76 Å². The summed E-state index contributed by atoms with van der Waals surface area (Å²) >= 11 is 0. The van der Waals surface area contributed by atoms with Crippen molar-refractivity contribution in [2.24, 2.45) is 0 Å². The molecule has 1 atom stereocenters. The summed E-state index contributed by atoms with van der Waals surface area (Å²) in [6.45, 7) is 7.59. The highest BCUT2D eigenvalue weighted by Gasteiger charge is 2.28. The summed E-state index contributed by atoms with van der Waals surface area (Å²) in [6.07, 6.45) is 1.00. The van der Waals surface area contributed by atoms with Gasteiger partial charge in [0, 0.05) is 17.5 Å². The number of amides is 1. The second-order valence-electron chi connectivity index (χ2n) is 8.04. The minimum Gasteiger partial charge on any atom is -0.467 e. The fourth-order valence-electron chi connectivity index (χ4n) is 3.73. The highest BCUT2D eigenvalue weighted by atomic mass is 16.6. The van der Waals surface area contributed by atoms with Gasteiger partial charge in [0.15, 0.2) is 0 Å². The quantitative estimate of drug-likeness (QED) is 0.290. The third-order valence-electron chi connectivity index (χ3n) is 5.26. The lowest BCUT2D eigenvalue weighted by Gasteiger charge is -2.19. The fraction of sp³-hybridized carbons (Fsp3) is 0.333. The lowest BCUT2D eigenvalue weighted by Crippen LogP contribution is -2.31. The lowest BCUT2D eigenvalue weighted by atomic mass is 10.0. The predicted octanol–water partition coefficient (Wildman–Crippen LogP) is 4.47. The number of nitro groups is 1. The van der Waals surface area contributed by atoms with E-state index in [-0.39, 0.29) is 23.8 Å². The average Bonchev–Trinajstić information content (AvgIpc) is 3.36. The van der Waals surface area contributed by atoms with Gasteiger partial charge in [-0.3, -0.25) is 19.7 Å². The van der Waals surface area contributed by atoms with Gasteiger partial charge >= 0.3 is 5.97 Å². The number of carbonyl (C=O) groups excluding carboxylic acids is 2. The van der Waals surface area contributed by atoms with Crippen molar-refractivity contribution in [2.75, 3.05) is 0 Å². The van der Waals surface area contributed by atoms with Crippen LogP contribution in [0.3, 0.4) is 0 Å². The van der Waals surface area contributed by atoms with Gasteiger partial charge in [0.2, 0.25) is 0 Å². The Bertz CT molecular complexity index is 1150. The SMILES string of the molecule is Cc1cc(C(=O)NC(CC(=O)OC(C)C)c2ccccc2[N+](=O)[O-])c(C)n1Cc1ccco1. The van der Waals surface area contributed by atoms with Crippen LogP contribution in [0.1, 0.15) is 59.4 Å². The molecular weight excluding hydrogens is 426 g/mol. The van der Waals surface area contributed by atoms with Crippen LogP contribution in [0.15, 0.2) is 53.1 Å². The molecule has 0 radical (unpaired) electrons. The largest absolute Gasteiger partial charge is 0.467 e. The number of hydrogen-bond donors (Lipinski definition) is 1. The highest BCUT2D eigenvalue weighted by Crippen LogP contribution is 2.28. The number of furan rings is 1. The molecule has 1 N–H and O–H groups in total. The van der Waals surface area contributed by atoms with Crippen LogP contribution >= 0.6 is 0 Å². The third kappa shape index (κ3) is 5.68. The van der Waals surface area contributed by atoms with E-state index in [9.17, 15) is 19.7 Å². The summed E-state index contributed by atoms with van der Waals surface area (Å²) in [5.74, 6) is -0.246. The molecule has 0 saturated carbocycles. The zero-order valence-corrected chi connectivity index (χ0v) is 19.0. The van der Waals surface area contributed by atoms with E-state index in [1.807, 2.05) is 24.5 Å². The number of hydrogen-bond acceptors (Lipinski definition) is 6. The zero-order chi connectivity index (χ0) is 24.1. The van der Waals surface area contributed by atoms with Gasteiger partial charge in [-0.15, -0.1) is 0 Å².